The van der Waals surface area contributed by atoms with Gasteiger partial charge in [-0.05, 0) is 19.8 Å². The molecule has 0 aliphatic carbocycles. The number of nitrogens with zero attached hydrogens (tertiary/aromatic N) is 4. The molecule has 0 bridgehead atoms. The van der Waals surface area contributed by atoms with Crippen LogP contribution >= 0.6 is 11.6 Å². The molecule has 3 heterocycles. The monoisotopic (exact) mass is 294 g/mol. The third-order valence-corrected chi connectivity index (χ3v) is 3.64. The van der Waals surface area contributed by atoms with E-state index < -0.39 is 0 Å². The Morgan fingerprint density at radius 3 is 3.10 bits per heavy atom. The Morgan fingerprint density at radius 2 is 2.45 bits per heavy atom. The van der Waals surface area contributed by atoms with Crippen molar-refractivity contribution in [2.45, 2.75) is 32.4 Å². The van der Waals surface area contributed by atoms with E-state index in [4.69, 9.17) is 16.1 Å². The topological polar surface area (TPSA) is 64.2 Å². The van der Waals surface area contributed by atoms with E-state index >= 15 is 0 Å². The first-order valence-electron chi connectivity index (χ1n) is 6.54. The third kappa shape index (κ3) is 2.56. The lowest BCUT2D eigenvalue weighted by Crippen LogP contribution is -2.33. The first-order valence-corrected chi connectivity index (χ1v) is 6.92. The van der Waals surface area contributed by atoms with Gasteiger partial charge in [-0.25, -0.2) is 0 Å². The number of carbonyl (C=O) groups excluding carboxylic acids is 1. The van der Waals surface area contributed by atoms with E-state index in [1.807, 2.05) is 17.9 Å². The van der Waals surface area contributed by atoms with Gasteiger partial charge in [0.05, 0.1) is 23.0 Å². The Labute approximate surface area is 121 Å². The number of aryl methyl sites for hydroxylation is 1. The quantitative estimate of drug-likeness (QED) is 0.870. The second-order valence-corrected chi connectivity index (χ2v) is 5.41. The predicted molar refractivity (Wildman–Crippen MR) is 72.2 cm³/mol. The van der Waals surface area contributed by atoms with Gasteiger partial charge in [0.15, 0.2) is 5.76 Å². The lowest BCUT2D eigenvalue weighted by Gasteiger charge is -2.22. The molecular weight excluding hydrogens is 280 g/mol. The van der Waals surface area contributed by atoms with Crippen LogP contribution in [0, 0.1) is 6.92 Å². The van der Waals surface area contributed by atoms with Gasteiger partial charge in [0, 0.05) is 18.8 Å². The zero-order valence-corrected chi connectivity index (χ0v) is 11.9. The number of halogens is 1. The number of aromatic nitrogens is 3. The molecular formula is C13H15ClN4O2. The smallest absolute Gasteiger partial charge is 0.244 e. The van der Waals surface area contributed by atoms with Crippen molar-refractivity contribution < 1.29 is 9.32 Å². The Bertz CT molecular complexity index is 621. The highest BCUT2D eigenvalue weighted by molar-refractivity contribution is 6.30. The predicted octanol–water partition coefficient (Wildman–Crippen LogP) is 2.20. The minimum atomic E-state index is -0.0188. The summed E-state index contributed by atoms with van der Waals surface area (Å²) < 4.78 is 6.84. The Morgan fingerprint density at radius 1 is 1.60 bits per heavy atom. The first-order chi connectivity index (χ1) is 9.63. The molecule has 0 N–H and O–H groups in total. The third-order valence-electron chi connectivity index (χ3n) is 3.45. The molecule has 0 aromatic carbocycles. The molecule has 3 rings (SSSR count). The lowest BCUT2D eigenvalue weighted by molar-refractivity contribution is -0.133. The van der Waals surface area contributed by atoms with Crippen LogP contribution in [0.5, 0.6) is 0 Å². The molecule has 20 heavy (non-hydrogen) atoms. The standard InChI is InChI=1S/C13H15ClN4O2/c1-9-5-12(20-16-9)11-3-2-4-18(11)13(19)8-17-7-10(14)6-15-17/h5-7,11H,2-4,8H2,1H3. The van der Waals surface area contributed by atoms with Gasteiger partial charge in [0.2, 0.25) is 5.91 Å². The largest absolute Gasteiger partial charge is 0.359 e. The maximum absolute atomic E-state index is 12.4. The SMILES string of the molecule is Cc1cc(C2CCCN2C(=O)Cn2cc(Cl)cn2)on1. The summed E-state index contributed by atoms with van der Waals surface area (Å²) in [6.45, 7) is 2.80. The Hall–Kier alpha value is -1.82. The number of hydrogen-bond donors (Lipinski definition) is 0. The van der Waals surface area contributed by atoms with E-state index in [0.717, 1.165) is 30.8 Å². The first kappa shape index (κ1) is 13.2. The summed E-state index contributed by atoms with van der Waals surface area (Å²) in [5.74, 6) is 0.771. The summed E-state index contributed by atoms with van der Waals surface area (Å²) in [4.78, 5) is 14.2. The molecule has 0 saturated carbocycles. The fourth-order valence-corrected chi connectivity index (χ4v) is 2.71. The van der Waals surface area contributed by atoms with Gasteiger partial charge < -0.3 is 9.42 Å². The van der Waals surface area contributed by atoms with Crippen LogP contribution in [0.4, 0.5) is 0 Å². The maximum atomic E-state index is 12.4. The molecule has 1 atom stereocenters. The van der Waals surface area contributed by atoms with Gasteiger partial charge in [-0.3, -0.25) is 9.48 Å². The van der Waals surface area contributed by atoms with E-state index in [0.29, 0.717) is 5.02 Å². The van der Waals surface area contributed by atoms with Crippen LogP contribution in [0.2, 0.25) is 5.02 Å². The van der Waals surface area contributed by atoms with Crippen LogP contribution in [-0.2, 0) is 11.3 Å². The highest BCUT2D eigenvalue weighted by Gasteiger charge is 2.32. The van der Waals surface area contributed by atoms with Crippen LogP contribution in [0.3, 0.4) is 0 Å². The van der Waals surface area contributed by atoms with Crippen LogP contribution in [-0.4, -0.2) is 32.3 Å². The molecule has 1 saturated heterocycles. The summed E-state index contributed by atoms with van der Waals surface area (Å²) in [5, 5.41) is 8.45. The Kier molecular flexibility index (Phi) is 3.48. The fraction of sp³-hybridized carbons (Fsp3) is 0.462. The van der Waals surface area contributed by atoms with Crippen LogP contribution in [0.25, 0.3) is 0 Å². The molecule has 1 aliphatic rings. The van der Waals surface area contributed by atoms with Crippen molar-refractivity contribution in [3.63, 3.8) is 0 Å². The number of amides is 1. The second-order valence-electron chi connectivity index (χ2n) is 4.97. The molecule has 0 spiro atoms. The zero-order valence-electron chi connectivity index (χ0n) is 11.1. The molecule has 1 aliphatic heterocycles. The molecule has 1 unspecified atom stereocenters. The number of likely N-dealkylation sites (tertiary alicyclic amines) is 1. The molecule has 1 amide bonds. The van der Waals surface area contributed by atoms with Gasteiger partial charge in [-0.1, -0.05) is 16.8 Å². The van der Waals surface area contributed by atoms with E-state index in [2.05, 4.69) is 10.3 Å². The number of rotatable bonds is 3. The van der Waals surface area contributed by atoms with Gasteiger partial charge in [-0.2, -0.15) is 5.10 Å². The van der Waals surface area contributed by atoms with E-state index in [-0.39, 0.29) is 18.5 Å². The Balaban J connectivity index is 1.73. The van der Waals surface area contributed by atoms with Crippen molar-refractivity contribution in [1.82, 2.24) is 19.8 Å². The minimum Gasteiger partial charge on any atom is -0.359 e. The van der Waals surface area contributed by atoms with Crippen molar-refractivity contribution in [2.24, 2.45) is 0 Å². The average Bonchev–Trinajstić information content (AvgIpc) is 3.09. The van der Waals surface area contributed by atoms with Crippen molar-refractivity contribution in [1.29, 1.82) is 0 Å². The summed E-state index contributed by atoms with van der Waals surface area (Å²) in [6.07, 6.45) is 5.04. The normalized spacial score (nSPS) is 18.7. The lowest BCUT2D eigenvalue weighted by atomic mass is 10.1. The van der Waals surface area contributed by atoms with E-state index in [9.17, 15) is 4.79 Å². The van der Waals surface area contributed by atoms with Crippen molar-refractivity contribution in [2.75, 3.05) is 6.54 Å². The van der Waals surface area contributed by atoms with Crippen LogP contribution < -0.4 is 0 Å². The summed E-state index contributed by atoms with van der Waals surface area (Å²) in [5.41, 5.74) is 0.832. The maximum Gasteiger partial charge on any atom is 0.244 e. The van der Waals surface area contributed by atoms with Crippen molar-refractivity contribution >= 4 is 17.5 Å². The summed E-state index contributed by atoms with van der Waals surface area (Å²) in [7, 11) is 0. The number of hydrogen-bond acceptors (Lipinski definition) is 4. The fourth-order valence-electron chi connectivity index (χ4n) is 2.56. The van der Waals surface area contributed by atoms with Gasteiger partial charge in [0.1, 0.15) is 6.54 Å². The second kappa shape index (κ2) is 5.28. The zero-order chi connectivity index (χ0) is 14.1. The van der Waals surface area contributed by atoms with Crippen molar-refractivity contribution in [3.8, 4) is 0 Å². The van der Waals surface area contributed by atoms with Gasteiger partial charge >= 0.3 is 0 Å². The molecule has 0 radical (unpaired) electrons. The molecule has 1 fully saturated rings. The van der Waals surface area contributed by atoms with Crippen LogP contribution in [0.1, 0.15) is 30.3 Å². The average molecular weight is 295 g/mol. The highest BCUT2D eigenvalue weighted by atomic mass is 35.5. The van der Waals surface area contributed by atoms with Gasteiger partial charge in [-0.15, -0.1) is 0 Å². The summed E-state index contributed by atoms with van der Waals surface area (Å²) >= 11 is 5.80. The molecule has 7 heteroatoms. The molecule has 2 aromatic rings. The molecule has 106 valence electrons. The highest BCUT2D eigenvalue weighted by Crippen LogP contribution is 2.32. The van der Waals surface area contributed by atoms with E-state index in [1.54, 1.807) is 10.9 Å². The van der Waals surface area contributed by atoms with E-state index in [1.165, 1.54) is 6.20 Å². The van der Waals surface area contributed by atoms with Gasteiger partial charge in [0.25, 0.3) is 0 Å². The minimum absolute atomic E-state index is 0.0151. The number of carbonyl (C=O) groups is 1. The molecule has 2 aromatic heterocycles. The van der Waals surface area contributed by atoms with Crippen LogP contribution in [0.15, 0.2) is 23.0 Å². The molecule has 6 nitrogen and oxygen atoms in total. The summed E-state index contributed by atoms with van der Waals surface area (Å²) in [6, 6.07) is 1.87. The van der Waals surface area contributed by atoms with Crippen molar-refractivity contribution in [3.05, 3.63) is 34.9 Å².